The smallest absolute Gasteiger partial charge is 0.249 e. The summed E-state index contributed by atoms with van der Waals surface area (Å²) in [6, 6.07) is 14.1. The van der Waals surface area contributed by atoms with Crippen molar-refractivity contribution in [3.63, 3.8) is 0 Å². The third kappa shape index (κ3) is 4.45. The number of anilines is 5. The molecular weight excluding hydrogens is 380 g/mol. The SMILES string of the molecule is Cc1cc(Br)ccc1Nc1nncc(Nc2ccc(N(C)C)cc2)n1. The first-order chi connectivity index (χ1) is 12.0. The first-order valence-electron chi connectivity index (χ1n) is 7.78. The van der Waals surface area contributed by atoms with E-state index in [-0.39, 0.29) is 0 Å². The highest BCUT2D eigenvalue weighted by Gasteiger charge is 2.05. The molecule has 1 heterocycles. The summed E-state index contributed by atoms with van der Waals surface area (Å²) < 4.78 is 1.03. The first-order valence-corrected chi connectivity index (χ1v) is 8.58. The Morgan fingerprint density at radius 3 is 2.44 bits per heavy atom. The lowest BCUT2D eigenvalue weighted by Crippen LogP contribution is -2.08. The fourth-order valence-electron chi connectivity index (χ4n) is 2.30. The van der Waals surface area contributed by atoms with Crippen LogP contribution in [0.1, 0.15) is 5.56 Å². The summed E-state index contributed by atoms with van der Waals surface area (Å²) in [4.78, 5) is 6.52. The highest BCUT2D eigenvalue weighted by Crippen LogP contribution is 2.23. The van der Waals surface area contributed by atoms with Gasteiger partial charge in [0.15, 0.2) is 5.82 Å². The van der Waals surface area contributed by atoms with E-state index in [0.29, 0.717) is 11.8 Å². The molecule has 0 aliphatic heterocycles. The second kappa shape index (κ2) is 7.48. The Morgan fingerprint density at radius 1 is 1.00 bits per heavy atom. The summed E-state index contributed by atoms with van der Waals surface area (Å²) in [6.45, 7) is 2.02. The molecule has 0 aliphatic rings. The molecule has 0 saturated carbocycles. The minimum atomic E-state index is 0.445. The van der Waals surface area contributed by atoms with Crippen LogP contribution in [0.3, 0.4) is 0 Å². The van der Waals surface area contributed by atoms with Crippen molar-refractivity contribution in [1.29, 1.82) is 0 Å². The van der Waals surface area contributed by atoms with Crippen LogP contribution in [0.5, 0.6) is 0 Å². The van der Waals surface area contributed by atoms with Gasteiger partial charge in [0.1, 0.15) is 0 Å². The minimum absolute atomic E-state index is 0.445. The molecule has 7 heteroatoms. The Morgan fingerprint density at radius 2 is 1.76 bits per heavy atom. The van der Waals surface area contributed by atoms with Crippen LogP contribution in [0.2, 0.25) is 0 Å². The first kappa shape index (κ1) is 17.2. The summed E-state index contributed by atoms with van der Waals surface area (Å²) in [5.41, 5.74) is 4.12. The molecule has 1 aromatic heterocycles. The van der Waals surface area contributed by atoms with Gasteiger partial charge in [0.25, 0.3) is 0 Å². The van der Waals surface area contributed by atoms with Gasteiger partial charge < -0.3 is 15.5 Å². The molecule has 3 aromatic rings. The highest BCUT2D eigenvalue weighted by atomic mass is 79.9. The van der Waals surface area contributed by atoms with Gasteiger partial charge in [-0.2, -0.15) is 10.1 Å². The standard InChI is InChI=1S/C18H19BrN6/c1-12-10-13(19)4-9-16(12)22-18-23-17(11-20-24-18)21-14-5-7-15(8-6-14)25(2)3/h4-11H,1-3H3,(H2,21,22,23,24). The van der Waals surface area contributed by atoms with Gasteiger partial charge >= 0.3 is 0 Å². The predicted molar refractivity (Wildman–Crippen MR) is 106 cm³/mol. The van der Waals surface area contributed by atoms with Crippen molar-refractivity contribution in [2.75, 3.05) is 29.6 Å². The number of rotatable bonds is 5. The summed E-state index contributed by atoms with van der Waals surface area (Å²) in [5.74, 6) is 1.07. The summed E-state index contributed by atoms with van der Waals surface area (Å²) in [7, 11) is 4.03. The van der Waals surface area contributed by atoms with E-state index in [0.717, 1.165) is 27.1 Å². The fraction of sp³-hybridized carbons (Fsp3) is 0.167. The lowest BCUT2D eigenvalue weighted by Gasteiger charge is -2.13. The zero-order valence-corrected chi connectivity index (χ0v) is 15.9. The molecular formula is C18H19BrN6. The third-order valence-electron chi connectivity index (χ3n) is 3.65. The zero-order valence-electron chi connectivity index (χ0n) is 14.3. The average molecular weight is 399 g/mol. The molecule has 0 spiro atoms. The number of aryl methyl sites for hydroxylation is 1. The molecule has 0 aliphatic carbocycles. The number of hydrogen-bond donors (Lipinski definition) is 2. The molecule has 0 atom stereocenters. The monoisotopic (exact) mass is 398 g/mol. The zero-order chi connectivity index (χ0) is 17.8. The molecule has 0 unspecified atom stereocenters. The van der Waals surface area contributed by atoms with Gasteiger partial charge in [-0.15, -0.1) is 5.10 Å². The second-order valence-corrected chi connectivity index (χ2v) is 6.73. The van der Waals surface area contributed by atoms with Crippen molar-refractivity contribution < 1.29 is 0 Å². The van der Waals surface area contributed by atoms with Crippen molar-refractivity contribution in [2.45, 2.75) is 6.92 Å². The van der Waals surface area contributed by atoms with E-state index >= 15 is 0 Å². The van der Waals surface area contributed by atoms with E-state index in [9.17, 15) is 0 Å². The Bertz CT molecular complexity index is 864. The number of hydrogen-bond acceptors (Lipinski definition) is 6. The molecule has 3 rings (SSSR count). The molecule has 25 heavy (non-hydrogen) atoms. The molecule has 0 bridgehead atoms. The summed E-state index contributed by atoms with van der Waals surface area (Å²) in [6.07, 6.45) is 1.60. The van der Waals surface area contributed by atoms with Gasteiger partial charge in [0, 0.05) is 35.6 Å². The van der Waals surface area contributed by atoms with Gasteiger partial charge in [0.05, 0.1) is 6.20 Å². The van der Waals surface area contributed by atoms with Crippen molar-refractivity contribution in [3.05, 3.63) is 58.7 Å². The van der Waals surface area contributed by atoms with E-state index in [1.54, 1.807) is 6.20 Å². The van der Waals surface area contributed by atoms with Crippen LogP contribution in [0.4, 0.5) is 28.8 Å². The van der Waals surface area contributed by atoms with E-state index in [4.69, 9.17) is 0 Å². The van der Waals surface area contributed by atoms with Crippen LogP contribution in [-0.4, -0.2) is 29.3 Å². The lowest BCUT2D eigenvalue weighted by atomic mass is 10.2. The van der Waals surface area contributed by atoms with Gasteiger partial charge in [0.2, 0.25) is 5.95 Å². The molecule has 128 valence electrons. The number of nitrogens with one attached hydrogen (secondary N) is 2. The lowest BCUT2D eigenvalue weighted by molar-refractivity contribution is 0.981. The number of nitrogens with zero attached hydrogens (tertiary/aromatic N) is 4. The van der Waals surface area contributed by atoms with E-state index in [1.165, 1.54) is 0 Å². The molecule has 0 amide bonds. The second-order valence-electron chi connectivity index (χ2n) is 5.82. The van der Waals surface area contributed by atoms with Gasteiger partial charge in [-0.25, -0.2) is 0 Å². The van der Waals surface area contributed by atoms with Crippen LogP contribution in [0.25, 0.3) is 0 Å². The third-order valence-corrected chi connectivity index (χ3v) is 4.14. The van der Waals surface area contributed by atoms with Crippen molar-refractivity contribution >= 4 is 44.8 Å². The molecule has 0 saturated heterocycles. The van der Waals surface area contributed by atoms with E-state index < -0.39 is 0 Å². The van der Waals surface area contributed by atoms with E-state index in [2.05, 4.69) is 46.6 Å². The van der Waals surface area contributed by atoms with Crippen LogP contribution in [0, 0.1) is 6.92 Å². The maximum absolute atomic E-state index is 4.47. The normalized spacial score (nSPS) is 10.4. The minimum Gasteiger partial charge on any atom is -0.378 e. The molecule has 2 N–H and O–H groups in total. The molecule has 6 nitrogen and oxygen atoms in total. The van der Waals surface area contributed by atoms with Crippen LogP contribution in [-0.2, 0) is 0 Å². The largest absolute Gasteiger partial charge is 0.378 e. The Labute approximate surface area is 155 Å². The van der Waals surface area contributed by atoms with Gasteiger partial charge in [-0.3, -0.25) is 0 Å². The molecule has 0 radical (unpaired) electrons. The van der Waals surface area contributed by atoms with Crippen molar-refractivity contribution in [3.8, 4) is 0 Å². The predicted octanol–water partition coefficient (Wildman–Crippen LogP) is 4.50. The van der Waals surface area contributed by atoms with E-state index in [1.807, 2.05) is 63.5 Å². The van der Waals surface area contributed by atoms with Crippen molar-refractivity contribution in [1.82, 2.24) is 15.2 Å². The van der Waals surface area contributed by atoms with Crippen LogP contribution < -0.4 is 15.5 Å². The summed E-state index contributed by atoms with van der Waals surface area (Å²) in [5, 5.41) is 14.5. The fourth-order valence-corrected chi connectivity index (χ4v) is 2.77. The van der Waals surface area contributed by atoms with Gasteiger partial charge in [-0.1, -0.05) is 15.9 Å². The maximum atomic E-state index is 4.47. The molecule has 0 fully saturated rings. The number of benzene rings is 2. The van der Waals surface area contributed by atoms with Crippen molar-refractivity contribution in [2.24, 2.45) is 0 Å². The molecule has 2 aromatic carbocycles. The average Bonchev–Trinajstić information content (AvgIpc) is 2.58. The topological polar surface area (TPSA) is 66.0 Å². The number of aromatic nitrogens is 3. The summed E-state index contributed by atoms with van der Waals surface area (Å²) >= 11 is 3.46. The quantitative estimate of drug-likeness (QED) is 0.659. The van der Waals surface area contributed by atoms with Crippen LogP contribution in [0.15, 0.2) is 53.1 Å². The Kier molecular flexibility index (Phi) is 5.14. The Hall–Kier alpha value is -2.67. The van der Waals surface area contributed by atoms with Crippen LogP contribution >= 0.6 is 15.9 Å². The highest BCUT2D eigenvalue weighted by molar-refractivity contribution is 9.10. The number of halogens is 1. The van der Waals surface area contributed by atoms with Gasteiger partial charge in [-0.05, 0) is 55.0 Å². The Balaban J connectivity index is 1.75. The maximum Gasteiger partial charge on any atom is 0.249 e.